The van der Waals surface area contributed by atoms with E-state index in [1.807, 2.05) is 0 Å². The van der Waals surface area contributed by atoms with Crippen LogP contribution < -0.4 is 0 Å². The summed E-state index contributed by atoms with van der Waals surface area (Å²) in [5, 5.41) is 0. The Bertz CT molecular complexity index is 292. The van der Waals surface area contributed by atoms with Gasteiger partial charge in [-0.05, 0) is 13.8 Å². The highest BCUT2D eigenvalue weighted by atomic mass is 16.7. The summed E-state index contributed by atoms with van der Waals surface area (Å²) < 4.78 is 17.4. The molecule has 4 saturated heterocycles. The Morgan fingerprint density at radius 2 is 1.92 bits per heavy atom. The minimum atomic E-state index is -0.0660. The van der Waals surface area contributed by atoms with E-state index in [0.29, 0.717) is 24.0 Å². The van der Waals surface area contributed by atoms with Gasteiger partial charge in [-0.15, -0.1) is 0 Å². The summed E-state index contributed by atoms with van der Waals surface area (Å²) >= 11 is 0. The maximum atomic E-state index is 6.09. The molecule has 4 aliphatic heterocycles. The van der Waals surface area contributed by atoms with Gasteiger partial charge in [0.25, 0.3) is 0 Å². The SMILES string of the molecule is C[C@]12O[C@H]1[C@H]1O[C@]2(C)[C@@H]2COC[C@H]12. The van der Waals surface area contributed by atoms with Crippen molar-refractivity contribution >= 4 is 0 Å². The second-order valence-electron chi connectivity index (χ2n) is 5.14. The van der Waals surface area contributed by atoms with Gasteiger partial charge in [-0.3, -0.25) is 0 Å². The predicted octanol–water partition coefficient (Wildman–Crippen LogP) is 0.578. The molecule has 0 aromatic heterocycles. The van der Waals surface area contributed by atoms with E-state index in [2.05, 4.69) is 13.8 Å². The van der Waals surface area contributed by atoms with Crippen LogP contribution in [0.15, 0.2) is 0 Å². The molecular weight excluding hydrogens is 168 g/mol. The summed E-state index contributed by atoms with van der Waals surface area (Å²) in [6.07, 6.45) is 0.683. The monoisotopic (exact) mass is 182 g/mol. The lowest BCUT2D eigenvalue weighted by Crippen LogP contribution is -2.47. The molecule has 0 spiro atoms. The summed E-state index contributed by atoms with van der Waals surface area (Å²) in [5.74, 6) is 1.17. The summed E-state index contributed by atoms with van der Waals surface area (Å²) in [6, 6.07) is 0. The van der Waals surface area contributed by atoms with Crippen molar-refractivity contribution in [3.8, 4) is 0 Å². The van der Waals surface area contributed by atoms with Crippen LogP contribution in [0, 0.1) is 11.8 Å². The van der Waals surface area contributed by atoms with Crippen LogP contribution in [0.1, 0.15) is 13.8 Å². The Kier molecular flexibility index (Phi) is 0.935. The first-order chi connectivity index (χ1) is 6.17. The van der Waals surface area contributed by atoms with Crippen molar-refractivity contribution in [1.29, 1.82) is 0 Å². The third-order valence-corrected chi connectivity index (χ3v) is 4.78. The maximum absolute atomic E-state index is 6.09. The summed E-state index contributed by atoms with van der Waals surface area (Å²) in [7, 11) is 0. The van der Waals surface area contributed by atoms with Gasteiger partial charge in [-0.1, -0.05) is 0 Å². The molecule has 0 aromatic carbocycles. The first kappa shape index (κ1) is 7.21. The Hall–Kier alpha value is -0.120. The largest absolute Gasteiger partial charge is 0.381 e. The van der Waals surface area contributed by atoms with Gasteiger partial charge in [-0.25, -0.2) is 0 Å². The predicted molar refractivity (Wildman–Crippen MR) is 44.4 cm³/mol. The molecule has 4 rings (SSSR count). The Morgan fingerprint density at radius 3 is 2.77 bits per heavy atom. The van der Waals surface area contributed by atoms with E-state index in [0.717, 1.165) is 13.2 Å². The van der Waals surface area contributed by atoms with Crippen LogP contribution in [0.3, 0.4) is 0 Å². The fraction of sp³-hybridized carbons (Fsp3) is 1.00. The zero-order chi connectivity index (χ0) is 8.84. The van der Waals surface area contributed by atoms with Crippen LogP contribution >= 0.6 is 0 Å². The highest BCUT2D eigenvalue weighted by Gasteiger charge is 2.82. The molecular formula is C10H14O3. The van der Waals surface area contributed by atoms with Crippen molar-refractivity contribution < 1.29 is 14.2 Å². The van der Waals surface area contributed by atoms with Crippen LogP contribution in [0.5, 0.6) is 0 Å². The van der Waals surface area contributed by atoms with E-state index in [-0.39, 0.29) is 11.2 Å². The molecule has 4 fully saturated rings. The molecule has 3 nitrogen and oxygen atoms in total. The second kappa shape index (κ2) is 1.69. The molecule has 72 valence electrons. The molecule has 6 atom stereocenters. The van der Waals surface area contributed by atoms with Crippen molar-refractivity contribution in [1.82, 2.24) is 0 Å². The molecule has 0 N–H and O–H groups in total. The molecule has 0 amide bonds. The van der Waals surface area contributed by atoms with E-state index in [4.69, 9.17) is 14.2 Å². The van der Waals surface area contributed by atoms with Crippen molar-refractivity contribution in [3.05, 3.63) is 0 Å². The van der Waals surface area contributed by atoms with Gasteiger partial charge >= 0.3 is 0 Å². The quantitative estimate of drug-likeness (QED) is 0.513. The van der Waals surface area contributed by atoms with Crippen LogP contribution in [-0.2, 0) is 14.2 Å². The average Bonchev–Trinajstić information content (AvgIpc) is 2.47. The Labute approximate surface area is 77.3 Å². The highest BCUT2D eigenvalue weighted by molar-refractivity contribution is 5.29. The van der Waals surface area contributed by atoms with Gasteiger partial charge in [-0.2, -0.15) is 0 Å². The van der Waals surface area contributed by atoms with Crippen molar-refractivity contribution in [2.45, 2.75) is 37.3 Å². The summed E-state index contributed by atoms with van der Waals surface area (Å²) in [5.41, 5.74) is -0.0595. The second-order valence-corrected chi connectivity index (χ2v) is 5.14. The molecule has 2 bridgehead atoms. The van der Waals surface area contributed by atoms with Gasteiger partial charge in [0, 0.05) is 11.8 Å². The molecule has 4 aliphatic rings. The van der Waals surface area contributed by atoms with Gasteiger partial charge in [0.15, 0.2) is 0 Å². The average molecular weight is 182 g/mol. The number of ether oxygens (including phenoxy) is 3. The van der Waals surface area contributed by atoms with E-state index in [9.17, 15) is 0 Å². The first-order valence-corrected chi connectivity index (χ1v) is 5.10. The maximum Gasteiger partial charge on any atom is 0.124 e. The lowest BCUT2D eigenvalue weighted by molar-refractivity contribution is -0.0978. The number of rotatable bonds is 0. The van der Waals surface area contributed by atoms with Crippen LogP contribution in [0.2, 0.25) is 0 Å². The minimum absolute atomic E-state index is 0.00648. The van der Waals surface area contributed by atoms with Crippen molar-refractivity contribution in [2.75, 3.05) is 13.2 Å². The topological polar surface area (TPSA) is 31.0 Å². The smallest absolute Gasteiger partial charge is 0.124 e. The zero-order valence-electron chi connectivity index (χ0n) is 7.95. The van der Waals surface area contributed by atoms with E-state index >= 15 is 0 Å². The third-order valence-electron chi connectivity index (χ3n) is 4.78. The molecule has 4 heterocycles. The molecule has 3 heteroatoms. The van der Waals surface area contributed by atoms with Crippen molar-refractivity contribution in [2.24, 2.45) is 11.8 Å². The van der Waals surface area contributed by atoms with Gasteiger partial charge in [0.05, 0.1) is 19.3 Å². The van der Waals surface area contributed by atoms with Crippen LogP contribution in [0.25, 0.3) is 0 Å². The number of hydrogen-bond acceptors (Lipinski definition) is 3. The fourth-order valence-electron chi connectivity index (χ4n) is 3.70. The molecule has 0 aromatic rings. The number of hydrogen-bond donors (Lipinski definition) is 0. The van der Waals surface area contributed by atoms with E-state index in [1.54, 1.807) is 0 Å². The molecule has 0 aliphatic carbocycles. The van der Waals surface area contributed by atoms with Gasteiger partial charge in [0.2, 0.25) is 0 Å². The van der Waals surface area contributed by atoms with Crippen molar-refractivity contribution in [3.63, 3.8) is 0 Å². The van der Waals surface area contributed by atoms with E-state index in [1.165, 1.54) is 0 Å². The fourth-order valence-corrected chi connectivity index (χ4v) is 3.70. The molecule has 0 unspecified atom stereocenters. The Morgan fingerprint density at radius 1 is 1.08 bits per heavy atom. The standard InChI is InChI=1S/C10H14O3/c1-9-6-4-11-3-5(6)7(12-9)8-10(9,2)13-8/h5-8H,3-4H2,1-2H3/t5-,6+,7-,8-,9+,10-/m0/s1. The number of fused-ring (bicyclic) bond motifs is 8. The normalized spacial score (nSPS) is 72.5. The summed E-state index contributed by atoms with van der Waals surface area (Å²) in [6.45, 7) is 6.13. The molecule has 13 heavy (non-hydrogen) atoms. The lowest BCUT2D eigenvalue weighted by Gasteiger charge is -2.32. The Balaban J connectivity index is 1.86. The zero-order valence-corrected chi connectivity index (χ0v) is 7.95. The lowest BCUT2D eigenvalue weighted by atomic mass is 9.69. The minimum Gasteiger partial charge on any atom is -0.381 e. The van der Waals surface area contributed by atoms with Gasteiger partial charge < -0.3 is 14.2 Å². The van der Waals surface area contributed by atoms with E-state index < -0.39 is 0 Å². The van der Waals surface area contributed by atoms with Gasteiger partial charge in [0.1, 0.15) is 17.3 Å². The highest BCUT2D eigenvalue weighted by Crippen LogP contribution is 2.67. The molecule has 0 radical (unpaired) electrons. The first-order valence-electron chi connectivity index (χ1n) is 5.10. The van der Waals surface area contributed by atoms with Crippen LogP contribution in [-0.4, -0.2) is 36.6 Å². The summed E-state index contributed by atoms with van der Waals surface area (Å²) in [4.78, 5) is 0. The van der Waals surface area contributed by atoms with Crippen LogP contribution in [0.4, 0.5) is 0 Å². The molecule has 0 saturated carbocycles. The third kappa shape index (κ3) is 0.528. The number of epoxide rings is 1.